The van der Waals surface area contributed by atoms with Gasteiger partial charge in [-0.15, -0.1) is 0 Å². The summed E-state index contributed by atoms with van der Waals surface area (Å²) in [5, 5.41) is 0. The Labute approximate surface area is 71.1 Å². The fourth-order valence-corrected chi connectivity index (χ4v) is 1.38. The molecule has 1 aromatic carbocycles. The molecule has 2 rings (SSSR count). The van der Waals surface area contributed by atoms with E-state index in [0.717, 1.165) is 17.7 Å². The lowest BCUT2D eigenvalue weighted by atomic mass is 10.1. The Hall–Kier alpha value is -1.35. The fraction of sp³-hybridized carbons (Fsp3) is 0.222. The molecule has 1 aliphatic heterocycles. The molecule has 0 atom stereocenters. The lowest BCUT2D eigenvalue weighted by molar-refractivity contribution is 1.07. The largest absolute Gasteiger partial charge is 0.387 e. The molecular weight excluding hydrogens is 150 g/mol. The molecular formula is C9H11N3. The average molecular weight is 161 g/mol. The van der Waals surface area contributed by atoms with Gasteiger partial charge in [0.2, 0.25) is 0 Å². The van der Waals surface area contributed by atoms with Crippen molar-refractivity contribution in [3.63, 3.8) is 0 Å². The number of nitrogens with two attached hydrogens (primary N) is 2. The molecule has 3 heteroatoms. The van der Waals surface area contributed by atoms with E-state index in [9.17, 15) is 0 Å². The SMILES string of the molecule is NCc1ccc2c(c1)N=C(N)C2. The zero-order valence-corrected chi connectivity index (χ0v) is 6.75. The number of amidine groups is 1. The van der Waals surface area contributed by atoms with Crippen LogP contribution in [0, 0.1) is 0 Å². The first-order valence-electron chi connectivity index (χ1n) is 3.94. The van der Waals surface area contributed by atoms with Crippen LogP contribution in [0.25, 0.3) is 0 Å². The highest BCUT2D eigenvalue weighted by molar-refractivity contribution is 5.90. The summed E-state index contributed by atoms with van der Waals surface area (Å²) in [6.07, 6.45) is 0.778. The Balaban J connectivity index is 2.45. The maximum Gasteiger partial charge on any atom is 0.104 e. The third-order valence-electron chi connectivity index (χ3n) is 2.02. The summed E-state index contributed by atoms with van der Waals surface area (Å²) >= 11 is 0. The van der Waals surface area contributed by atoms with Crippen molar-refractivity contribution in [2.24, 2.45) is 16.5 Å². The quantitative estimate of drug-likeness (QED) is 0.636. The first-order chi connectivity index (χ1) is 5.79. The second-order valence-corrected chi connectivity index (χ2v) is 2.95. The summed E-state index contributed by atoms with van der Waals surface area (Å²) in [6, 6.07) is 6.06. The molecule has 0 amide bonds. The first-order valence-corrected chi connectivity index (χ1v) is 3.94. The van der Waals surface area contributed by atoms with Crippen LogP contribution >= 0.6 is 0 Å². The molecule has 12 heavy (non-hydrogen) atoms. The van der Waals surface area contributed by atoms with Crippen LogP contribution in [0.3, 0.4) is 0 Å². The topological polar surface area (TPSA) is 64.4 Å². The molecule has 0 spiro atoms. The van der Waals surface area contributed by atoms with E-state index in [2.05, 4.69) is 4.99 Å². The molecule has 0 saturated heterocycles. The highest BCUT2D eigenvalue weighted by Gasteiger charge is 2.11. The van der Waals surface area contributed by atoms with E-state index in [1.165, 1.54) is 5.56 Å². The van der Waals surface area contributed by atoms with Crippen molar-refractivity contribution in [1.82, 2.24) is 0 Å². The number of aliphatic imine (C=N–C) groups is 1. The van der Waals surface area contributed by atoms with Crippen LogP contribution in [0.2, 0.25) is 0 Å². The molecule has 0 saturated carbocycles. The first kappa shape index (κ1) is 7.31. The molecule has 62 valence electrons. The van der Waals surface area contributed by atoms with Gasteiger partial charge in [0.15, 0.2) is 0 Å². The Morgan fingerprint density at radius 2 is 2.25 bits per heavy atom. The van der Waals surface area contributed by atoms with Gasteiger partial charge in [0.1, 0.15) is 5.84 Å². The molecule has 3 nitrogen and oxygen atoms in total. The van der Waals surface area contributed by atoms with Crippen molar-refractivity contribution in [3.8, 4) is 0 Å². The van der Waals surface area contributed by atoms with Gasteiger partial charge < -0.3 is 11.5 Å². The molecule has 0 unspecified atom stereocenters. The summed E-state index contributed by atoms with van der Waals surface area (Å²) in [5.41, 5.74) is 14.4. The smallest absolute Gasteiger partial charge is 0.104 e. The number of nitrogens with zero attached hydrogens (tertiary/aromatic N) is 1. The van der Waals surface area contributed by atoms with Crippen molar-refractivity contribution in [2.75, 3.05) is 0 Å². The van der Waals surface area contributed by atoms with E-state index in [4.69, 9.17) is 11.5 Å². The minimum absolute atomic E-state index is 0.558. The second kappa shape index (κ2) is 2.60. The minimum atomic E-state index is 0.558. The summed E-state index contributed by atoms with van der Waals surface area (Å²) in [7, 11) is 0. The van der Waals surface area contributed by atoms with E-state index in [1.807, 2.05) is 18.2 Å². The van der Waals surface area contributed by atoms with E-state index in [-0.39, 0.29) is 0 Å². The number of fused-ring (bicyclic) bond motifs is 1. The number of benzene rings is 1. The standard InChI is InChI=1S/C9H11N3/c10-5-6-1-2-7-4-9(11)12-8(7)3-6/h1-3H,4-5,10H2,(H2,11,12). The van der Waals surface area contributed by atoms with Crippen molar-refractivity contribution in [1.29, 1.82) is 0 Å². The van der Waals surface area contributed by atoms with Crippen molar-refractivity contribution in [2.45, 2.75) is 13.0 Å². The number of rotatable bonds is 1. The van der Waals surface area contributed by atoms with Gasteiger partial charge in [-0.05, 0) is 17.2 Å². The van der Waals surface area contributed by atoms with Crippen LogP contribution in [0.5, 0.6) is 0 Å². The predicted molar refractivity (Wildman–Crippen MR) is 49.3 cm³/mol. The Bertz CT molecular complexity index is 342. The molecule has 0 aromatic heterocycles. The summed E-state index contributed by atoms with van der Waals surface area (Å²) in [4.78, 5) is 4.20. The zero-order valence-electron chi connectivity index (χ0n) is 6.75. The maximum atomic E-state index is 5.60. The van der Waals surface area contributed by atoms with Crippen molar-refractivity contribution < 1.29 is 0 Å². The van der Waals surface area contributed by atoms with Gasteiger partial charge in [-0.3, -0.25) is 0 Å². The Morgan fingerprint density at radius 3 is 3.00 bits per heavy atom. The Morgan fingerprint density at radius 1 is 1.42 bits per heavy atom. The molecule has 4 N–H and O–H groups in total. The third-order valence-corrected chi connectivity index (χ3v) is 2.02. The lowest BCUT2D eigenvalue weighted by Crippen LogP contribution is -2.09. The van der Waals surface area contributed by atoms with Gasteiger partial charge >= 0.3 is 0 Å². The second-order valence-electron chi connectivity index (χ2n) is 2.95. The van der Waals surface area contributed by atoms with Crippen molar-refractivity contribution >= 4 is 11.5 Å². The molecule has 1 aliphatic rings. The predicted octanol–water partition coefficient (Wildman–Crippen LogP) is 0.690. The fourth-order valence-electron chi connectivity index (χ4n) is 1.38. The molecule has 0 fully saturated rings. The van der Waals surface area contributed by atoms with E-state index in [0.29, 0.717) is 12.4 Å². The van der Waals surface area contributed by atoms with Gasteiger partial charge in [-0.1, -0.05) is 12.1 Å². The molecule has 1 aromatic rings. The van der Waals surface area contributed by atoms with Crippen LogP contribution in [0.1, 0.15) is 11.1 Å². The maximum absolute atomic E-state index is 5.60. The lowest BCUT2D eigenvalue weighted by Gasteiger charge is -1.99. The van der Waals surface area contributed by atoms with E-state index >= 15 is 0 Å². The molecule has 0 radical (unpaired) electrons. The van der Waals surface area contributed by atoms with Crippen LogP contribution in [0.4, 0.5) is 5.69 Å². The molecule has 0 bridgehead atoms. The highest BCUT2D eigenvalue weighted by Crippen LogP contribution is 2.26. The summed E-state index contributed by atoms with van der Waals surface area (Å²) in [6.45, 7) is 0.558. The van der Waals surface area contributed by atoms with Crippen molar-refractivity contribution in [3.05, 3.63) is 29.3 Å². The zero-order chi connectivity index (χ0) is 8.55. The summed E-state index contributed by atoms with van der Waals surface area (Å²) < 4.78 is 0. The van der Waals surface area contributed by atoms with Crippen LogP contribution in [-0.4, -0.2) is 5.84 Å². The minimum Gasteiger partial charge on any atom is -0.387 e. The highest BCUT2D eigenvalue weighted by atomic mass is 14.9. The van der Waals surface area contributed by atoms with Crippen LogP contribution in [0.15, 0.2) is 23.2 Å². The number of hydrogen-bond acceptors (Lipinski definition) is 3. The molecule has 1 heterocycles. The van der Waals surface area contributed by atoms with E-state index < -0.39 is 0 Å². The molecule has 0 aliphatic carbocycles. The van der Waals surface area contributed by atoms with E-state index in [1.54, 1.807) is 0 Å². The third kappa shape index (κ3) is 1.08. The van der Waals surface area contributed by atoms with Crippen LogP contribution in [-0.2, 0) is 13.0 Å². The Kier molecular flexibility index (Phi) is 1.59. The van der Waals surface area contributed by atoms with Gasteiger partial charge in [0, 0.05) is 13.0 Å². The normalized spacial score (nSPS) is 14.2. The monoisotopic (exact) mass is 161 g/mol. The van der Waals surface area contributed by atoms with Gasteiger partial charge in [0.25, 0.3) is 0 Å². The average Bonchev–Trinajstić information content (AvgIpc) is 2.43. The van der Waals surface area contributed by atoms with Gasteiger partial charge in [-0.2, -0.15) is 0 Å². The summed E-state index contributed by atoms with van der Waals surface area (Å²) in [5.74, 6) is 0.694. The van der Waals surface area contributed by atoms with Crippen LogP contribution < -0.4 is 11.5 Å². The van der Waals surface area contributed by atoms with Gasteiger partial charge in [-0.25, -0.2) is 4.99 Å². The number of hydrogen-bond donors (Lipinski definition) is 2. The van der Waals surface area contributed by atoms with Gasteiger partial charge in [0.05, 0.1) is 5.69 Å².